The molecule has 0 bridgehead atoms. The molecule has 0 spiro atoms. The lowest BCUT2D eigenvalue weighted by Crippen LogP contribution is -1.91. The molecule has 11 aromatic rings. The summed E-state index contributed by atoms with van der Waals surface area (Å²) in [6, 6.07) is 60.9. The van der Waals surface area contributed by atoms with Gasteiger partial charge in [-0.2, -0.15) is 0 Å². The zero-order valence-corrected chi connectivity index (χ0v) is 27.0. The monoisotopic (exact) mass is 636 g/mol. The Morgan fingerprint density at radius 1 is 0.300 bits per heavy atom. The van der Waals surface area contributed by atoms with Gasteiger partial charge in [0.25, 0.3) is 0 Å². The van der Waals surface area contributed by atoms with Gasteiger partial charge < -0.3 is 8.83 Å². The van der Waals surface area contributed by atoms with Gasteiger partial charge in [0.1, 0.15) is 22.5 Å². The SMILES string of the molecule is c1ccc2oc(-c3ccc(-c4cc(-c5ccc(-c6cccc7c6oc6ccccc67)cc5)c5ccc6cccc7ccc4c5c76)cc3)cc2c1. The largest absolute Gasteiger partial charge is 0.456 e. The number of rotatable bonds is 4. The summed E-state index contributed by atoms with van der Waals surface area (Å²) in [6.07, 6.45) is 0. The molecule has 2 heteroatoms. The average molecular weight is 637 g/mol. The van der Waals surface area contributed by atoms with Crippen molar-refractivity contribution in [3.63, 3.8) is 0 Å². The van der Waals surface area contributed by atoms with Crippen LogP contribution >= 0.6 is 0 Å². The number of para-hydroxylation sites is 3. The summed E-state index contributed by atoms with van der Waals surface area (Å²) in [5, 5.41) is 11.1. The zero-order valence-electron chi connectivity index (χ0n) is 27.0. The van der Waals surface area contributed by atoms with Crippen molar-refractivity contribution >= 4 is 65.2 Å². The molecule has 232 valence electrons. The minimum Gasteiger partial charge on any atom is -0.456 e. The summed E-state index contributed by atoms with van der Waals surface area (Å²) in [5.41, 5.74) is 10.9. The normalized spacial score (nSPS) is 12.0. The molecule has 0 aliphatic carbocycles. The number of fused-ring (bicyclic) bond motifs is 4. The molecule has 50 heavy (non-hydrogen) atoms. The predicted octanol–water partition coefficient (Wildman–Crippen LogP) is 13.9. The summed E-state index contributed by atoms with van der Waals surface area (Å²) < 4.78 is 12.6. The second kappa shape index (κ2) is 10.4. The van der Waals surface area contributed by atoms with Crippen molar-refractivity contribution in [3.8, 4) is 44.7 Å². The van der Waals surface area contributed by atoms with Gasteiger partial charge in [-0.1, -0.05) is 146 Å². The second-order valence-electron chi connectivity index (χ2n) is 13.2. The van der Waals surface area contributed by atoms with Crippen molar-refractivity contribution in [1.82, 2.24) is 0 Å². The molecule has 0 unspecified atom stereocenters. The Morgan fingerprint density at radius 2 is 0.860 bits per heavy atom. The van der Waals surface area contributed by atoms with Crippen molar-refractivity contribution in [3.05, 3.63) is 170 Å². The zero-order chi connectivity index (χ0) is 32.8. The molecule has 2 aromatic heterocycles. The Morgan fingerprint density at radius 3 is 1.56 bits per heavy atom. The molecule has 0 amide bonds. The van der Waals surface area contributed by atoms with Crippen molar-refractivity contribution < 1.29 is 8.83 Å². The Kier molecular flexibility index (Phi) is 5.70. The van der Waals surface area contributed by atoms with E-state index in [2.05, 4.69) is 140 Å². The summed E-state index contributed by atoms with van der Waals surface area (Å²) in [4.78, 5) is 0. The third-order valence-corrected chi connectivity index (χ3v) is 10.5. The number of hydrogen-bond donors (Lipinski definition) is 0. The van der Waals surface area contributed by atoms with E-state index in [1.54, 1.807) is 0 Å². The van der Waals surface area contributed by atoms with E-state index < -0.39 is 0 Å². The van der Waals surface area contributed by atoms with E-state index >= 15 is 0 Å². The van der Waals surface area contributed by atoms with Crippen LogP contribution in [0.25, 0.3) is 110 Å². The van der Waals surface area contributed by atoms with Crippen LogP contribution in [-0.4, -0.2) is 0 Å². The van der Waals surface area contributed by atoms with Crippen LogP contribution in [0.1, 0.15) is 0 Å². The number of benzene rings is 9. The Labute approximate surface area is 287 Å². The van der Waals surface area contributed by atoms with Crippen LogP contribution in [0, 0.1) is 0 Å². The quantitative estimate of drug-likeness (QED) is 0.180. The fraction of sp³-hybridized carbons (Fsp3) is 0. The Balaban J connectivity index is 1.08. The van der Waals surface area contributed by atoms with Crippen LogP contribution in [0.15, 0.2) is 179 Å². The van der Waals surface area contributed by atoms with E-state index in [-0.39, 0.29) is 0 Å². The van der Waals surface area contributed by atoms with Gasteiger partial charge in [-0.05, 0) is 84.4 Å². The molecule has 0 aliphatic rings. The summed E-state index contributed by atoms with van der Waals surface area (Å²) >= 11 is 0. The summed E-state index contributed by atoms with van der Waals surface area (Å²) in [6.45, 7) is 0. The molecule has 0 aliphatic heterocycles. The van der Waals surface area contributed by atoms with Crippen LogP contribution in [-0.2, 0) is 0 Å². The highest BCUT2D eigenvalue weighted by molar-refractivity contribution is 6.28. The topological polar surface area (TPSA) is 26.3 Å². The fourth-order valence-corrected chi connectivity index (χ4v) is 8.05. The Hall–Kier alpha value is -6.64. The molecule has 0 radical (unpaired) electrons. The molecule has 11 rings (SSSR count). The van der Waals surface area contributed by atoms with Crippen molar-refractivity contribution in [2.24, 2.45) is 0 Å². The van der Waals surface area contributed by atoms with Gasteiger partial charge in [-0.15, -0.1) is 0 Å². The lowest BCUT2D eigenvalue weighted by Gasteiger charge is -2.18. The van der Waals surface area contributed by atoms with Crippen molar-refractivity contribution in [2.75, 3.05) is 0 Å². The third kappa shape index (κ3) is 4.03. The molecule has 0 atom stereocenters. The first-order chi connectivity index (χ1) is 24.8. The molecule has 0 saturated carbocycles. The summed E-state index contributed by atoms with van der Waals surface area (Å²) in [7, 11) is 0. The molecule has 0 saturated heterocycles. The lowest BCUT2D eigenvalue weighted by atomic mass is 9.85. The maximum absolute atomic E-state index is 6.39. The van der Waals surface area contributed by atoms with Gasteiger partial charge in [0.05, 0.1) is 0 Å². The Bertz CT molecular complexity index is 3020. The van der Waals surface area contributed by atoms with Gasteiger partial charge in [-0.25, -0.2) is 0 Å². The van der Waals surface area contributed by atoms with Crippen molar-refractivity contribution in [1.29, 1.82) is 0 Å². The van der Waals surface area contributed by atoms with E-state index in [0.29, 0.717) is 0 Å². The molecule has 2 nitrogen and oxygen atoms in total. The molecule has 2 heterocycles. The maximum Gasteiger partial charge on any atom is 0.143 e. The predicted molar refractivity (Wildman–Crippen MR) is 209 cm³/mol. The van der Waals surface area contributed by atoms with E-state index in [9.17, 15) is 0 Å². The standard InChI is InChI=1S/C48H28O2/c1-3-13-43-35(7-1)27-45(49-43)32-21-19-31(20-22-32)42-28-41(38-25-23-33-8-5-9-34-24-26-39(42)47(38)46(33)34)30-17-15-29(16-18-30)36-11-6-12-40-37-10-2-4-14-44(37)50-48(36)40/h1-28H. The maximum atomic E-state index is 6.39. The van der Waals surface area contributed by atoms with Gasteiger partial charge >= 0.3 is 0 Å². The lowest BCUT2D eigenvalue weighted by molar-refractivity contribution is 0.631. The van der Waals surface area contributed by atoms with Crippen LogP contribution in [0.5, 0.6) is 0 Å². The highest BCUT2D eigenvalue weighted by atomic mass is 16.3. The average Bonchev–Trinajstić information content (AvgIpc) is 3.79. The highest BCUT2D eigenvalue weighted by Crippen LogP contribution is 2.45. The van der Waals surface area contributed by atoms with E-state index in [0.717, 1.165) is 55.4 Å². The molecular formula is C48H28O2. The van der Waals surface area contributed by atoms with Crippen LogP contribution in [0.2, 0.25) is 0 Å². The third-order valence-electron chi connectivity index (χ3n) is 10.5. The molecule has 0 N–H and O–H groups in total. The van der Waals surface area contributed by atoms with Gasteiger partial charge in [0.15, 0.2) is 0 Å². The van der Waals surface area contributed by atoms with Gasteiger partial charge in [0, 0.05) is 27.3 Å². The second-order valence-corrected chi connectivity index (χ2v) is 13.2. The van der Waals surface area contributed by atoms with Gasteiger partial charge in [0.2, 0.25) is 0 Å². The van der Waals surface area contributed by atoms with E-state index in [1.807, 2.05) is 30.3 Å². The van der Waals surface area contributed by atoms with Crippen LogP contribution in [0.3, 0.4) is 0 Å². The molecule has 0 fully saturated rings. The smallest absolute Gasteiger partial charge is 0.143 e. The first-order valence-corrected chi connectivity index (χ1v) is 17.1. The first kappa shape index (κ1) is 27.3. The van der Waals surface area contributed by atoms with Crippen LogP contribution in [0.4, 0.5) is 0 Å². The van der Waals surface area contributed by atoms with Gasteiger partial charge in [-0.3, -0.25) is 0 Å². The minimum absolute atomic E-state index is 0.882. The first-order valence-electron chi connectivity index (χ1n) is 17.1. The minimum atomic E-state index is 0.882. The van der Waals surface area contributed by atoms with E-state index in [1.165, 1.54) is 54.6 Å². The molecular weight excluding hydrogens is 609 g/mol. The van der Waals surface area contributed by atoms with Crippen LogP contribution < -0.4 is 0 Å². The fourth-order valence-electron chi connectivity index (χ4n) is 8.05. The number of furan rings is 2. The molecule has 9 aromatic carbocycles. The van der Waals surface area contributed by atoms with Crippen molar-refractivity contribution in [2.45, 2.75) is 0 Å². The number of hydrogen-bond acceptors (Lipinski definition) is 2. The summed E-state index contributed by atoms with van der Waals surface area (Å²) in [5.74, 6) is 0.882. The highest BCUT2D eigenvalue weighted by Gasteiger charge is 2.18. The van der Waals surface area contributed by atoms with E-state index in [4.69, 9.17) is 8.83 Å².